The van der Waals surface area contributed by atoms with Crippen LogP contribution >= 0.6 is 0 Å². The maximum Gasteiger partial charge on any atom is 0 e. The second kappa shape index (κ2) is 20.1. The number of hydrogen-bond acceptors (Lipinski definition) is 0. The minimum Gasteiger partial charge on any atom is -0.180 e. The quantitative estimate of drug-likeness (QED) is 0.198. The van der Waals surface area contributed by atoms with E-state index in [4.69, 9.17) is 0 Å². The molecule has 0 N–H and O–H groups in total. The Balaban J connectivity index is 0.00000192. The number of rotatable bonds is 8. The molecule has 3 aliphatic carbocycles. The third-order valence-corrected chi connectivity index (χ3v) is 11.7. The van der Waals surface area contributed by atoms with Crippen LogP contribution in [0.15, 0.2) is 36.4 Å². The molecule has 3 heteroatoms. The molecule has 0 saturated heterocycles. The van der Waals surface area contributed by atoms with Gasteiger partial charge in [0.15, 0.2) is 0 Å². The van der Waals surface area contributed by atoms with Crippen LogP contribution in [-0.4, -0.2) is 0 Å². The van der Waals surface area contributed by atoms with Crippen molar-refractivity contribution in [2.45, 2.75) is 160 Å². The topological polar surface area (TPSA) is 0 Å². The molecule has 3 saturated carbocycles. The molecule has 0 amide bonds. The zero-order valence-corrected chi connectivity index (χ0v) is 37.9. The fraction of sp³-hybridized carbons (Fsp3) is 0.581. The number of aryl methyl sites for hydroxylation is 3. The average molecular weight is 839 g/mol. The van der Waals surface area contributed by atoms with Crippen LogP contribution in [0.2, 0.25) is 0 Å². The molecule has 6 rings (SSSR count). The molecule has 0 aliphatic heterocycles. The van der Waals surface area contributed by atoms with Crippen LogP contribution in [0.5, 0.6) is 0 Å². The van der Waals surface area contributed by atoms with Crippen molar-refractivity contribution in [3.05, 3.63) is 105 Å². The first-order chi connectivity index (χ1) is 21.0. The van der Waals surface area contributed by atoms with Gasteiger partial charge in [0.2, 0.25) is 0 Å². The van der Waals surface area contributed by atoms with Crippen molar-refractivity contribution in [1.29, 1.82) is 0 Å². The minimum atomic E-state index is 0. The molecule has 3 radical (unpaired) electrons. The molecule has 1 atom stereocenters. The smallest absolute Gasteiger partial charge is 0 e. The van der Waals surface area contributed by atoms with E-state index >= 15 is 0 Å². The maximum absolute atomic E-state index is 3.76. The van der Waals surface area contributed by atoms with Crippen LogP contribution in [0, 0.1) is 39.0 Å². The van der Waals surface area contributed by atoms with Crippen molar-refractivity contribution < 1.29 is 98.1 Å². The average Bonchev–Trinajstić information content (AvgIpc) is 3.06. The molecule has 239 valence electrons. The minimum absolute atomic E-state index is 0. The largest absolute Gasteiger partial charge is 0.180 e. The molecule has 46 heavy (non-hydrogen) atoms. The van der Waals surface area contributed by atoms with Crippen molar-refractivity contribution in [3.63, 3.8) is 0 Å². The first-order valence-electron chi connectivity index (χ1n) is 18.0. The van der Waals surface area contributed by atoms with Gasteiger partial charge in [-0.05, 0) is 74.5 Å². The second-order valence-corrected chi connectivity index (χ2v) is 14.8. The van der Waals surface area contributed by atoms with Gasteiger partial charge in [-0.15, -0.1) is 11.1 Å². The van der Waals surface area contributed by atoms with Gasteiger partial charge < -0.3 is 0 Å². The maximum atomic E-state index is 3.76. The Morgan fingerprint density at radius 2 is 0.804 bits per heavy atom. The summed E-state index contributed by atoms with van der Waals surface area (Å²) < 4.78 is 0. The van der Waals surface area contributed by atoms with Crippen LogP contribution in [0.3, 0.4) is 0 Å². The van der Waals surface area contributed by atoms with E-state index in [0.29, 0.717) is 29.6 Å². The monoisotopic (exact) mass is 838 g/mol. The Bertz CT molecular complexity index is 1290. The van der Waals surface area contributed by atoms with Gasteiger partial charge in [-0.3, -0.25) is 0 Å². The van der Waals surface area contributed by atoms with E-state index in [2.05, 4.69) is 82.3 Å². The molecule has 0 nitrogen and oxygen atoms in total. The van der Waals surface area contributed by atoms with Crippen LogP contribution in [-0.2, 0) is 98.1 Å². The van der Waals surface area contributed by atoms with Crippen LogP contribution in [0.25, 0.3) is 0 Å². The predicted molar refractivity (Wildman–Crippen MR) is 182 cm³/mol. The summed E-state index contributed by atoms with van der Waals surface area (Å²) in [4.78, 5) is 0. The summed E-state index contributed by atoms with van der Waals surface area (Å²) >= 11 is 0. The Labute approximate surface area is 358 Å². The molecule has 0 spiro atoms. The van der Waals surface area contributed by atoms with Crippen molar-refractivity contribution in [3.8, 4) is 0 Å². The van der Waals surface area contributed by atoms with Gasteiger partial charge in [0.05, 0.1) is 0 Å². The van der Waals surface area contributed by atoms with E-state index in [1.807, 2.05) is 0 Å². The van der Waals surface area contributed by atoms with Crippen molar-refractivity contribution >= 4 is 0 Å². The Morgan fingerprint density at radius 3 is 1.15 bits per heavy atom. The van der Waals surface area contributed by atoms with E-state index in [9.17, 15) is 0 Å². The molecule has 3 aromatic carbocycles. The van der Waals surface area contributed by atoms with Gasteiger partial charge in [0, 0.05) is 98.1 Å². The Kier molecular flexibility index (Phi) is 18.1. The summed E-state index contributed by atoms with van der Waals surface area (Å²) in [6.45, 7) is 9.49. The normalized spacial score (nSPS) is 18.7. The standard InChI is InChI=1S/C43H55.3Y/c1-30-20-23-37(34-14-8-5-9-15-34)27-40(30)33(4)26-43(41-28-38(24-21-31(41)2)35-16-10-6-11-17-35)42-29-39(25-22-32(42)3)36-18-12-7-13-19-36;;;/h20-22,27-29,33-36,43H,5-19,26H2,1-4H3;;;/q-3;;;. The molecular formula is C43H55Y3-3. The van der Waals surface area contributed by atoms with Gasteiger partial charge in [-0.2, -0.15) is 93.5 Å². The third-order valence-electron chi connectivity index (χ3n) is 11.7. The Morgan fingerprint density at radius 1 is 0.500 bits per heavy atom. The third kappa shape index (κ3) is 10.3. The molecule has 1 unspecified atom stereocenters. The molecule has 3 aromatic rings. The van der Waals surface area contributed by atoms with E-state index in [1.54, 1.807) is 16.7 Å². The zero-order valence-electron chi connectivity index (χ0n) is 29.4. The molecule has 3 fully saturated rings. The summed E-state index contributed by atoms with van der Waals surface area (Å²) in [7, 11) is 0. The molecule has 3 aliphatic rings. The van der Waals surface area contributed by atoms with Gasteiger partial charge in [-0.25, -0.2) is 0 Å². The van der Waals surface area contributed by atoms with Crippen molar-refractivity contribution in [2.24, 2.45) is 0 Å². The van der Waals surface area contributed by atoms with Crippen molar-refractivity contribution in [2.75, 3.05) is 0 Å². The summed E-state index contributed by atoms with van der Waals surface area (Å²) in [5, 5.41) is 0. The first kappa shape index (κ1) is 41.4. The van der Waals surface area contributed by atoms with Gasteiger partial charge >= 0.3 is 0 Å². The number of benzene rings is 3. The van der Waals surface area contributed by atoms with E-state index in [-0.39, 0.29) is 98.1 Å². The fourth-order valence-corrected chi connectivity index (χ4v) is 8.93. The van der Waals surface area contributed by atoms with Crippen LogP contribution < -0.4 is 0 Å². The molecular weight excluding hydrogens is 783 g/mol. The SMILES string of the molecule is Cc1c[c-]c(C2CCCCC2)cc1C(C)CC(c1cc(C2CCCCC2)[c-]cc1C)c1cc(C2CCCCC2)[c-]cc1C.[Y].[Y].[Y]. The van der Waals surface area contributed by atoms with E-state index in [0.717, 1.165) is 6.42 Å². The van der Waals surface area contributed by atoms with Gasteiger partial charge in [0.1, 0.15) is 0 Å². The van der Waals surface area contributed by atoms with Crippen molar-refractivity contribution in [1.82, 2.24) is 0 Å². The summed E-state index contributed by atoms with van der Waals surface area (Å²) in [5.74, 6) is 2.92. The summed E-state index contributed by atoms with van der Waals surface area (Å²) in [6.07, 6.45) is 21.6. The first-order valence-corrected chi connectivity index (χ1v) is 18.0. The van der Waals surface area contributed by atoms with Crippen LogP contribution in [0.1, 0.15) is 189 Å². The fourth-order valence-electron chi connectivity index (χ4n) is 8.93. The van der Waals surface area contributed by atoms with Gasteiger partial charge in [-0.1, -0.05) is 85.5 Å². The predicted octanol–water partition coefficient (Wildman–Crippen LogP) is 12.5. The zero-order chi connectivity index (χ0) is 29.8. The molecule has 0 bridgehead atoms. The van der Waals surface area contributed by atoms with E-state index in [1.165, 1.54) is 130 Å². The molecule has 0 aromatic heterocycles. The number of hydrogen-bond donors (Lipinski definition) is 0. The second-order valence-electron chi connectivity index (χ2n) is 14.8. The Hall–Kier alpha value is 0.972. The summed E-state index contributed by atoms with van der Waals surface area (Å²) in [6, 6.07) is 25.9. The molecule has 0 heterocycles. The van der Waals surface area contributed by atoms with Crippen LogP contribution in [0.4, 0.5) is 0 Å². The van der Waals surface area contributed by atoms with E-state index < -0.39 is 0 Å². The summed E-state index contributed by atoms with van der Waals surface area (Å²) in [5.41, 5.74) is 13.3. The van der Waals surface area contributed by atoms with Gasteiger partial charge in [0.25, 0.3) is 0 Å².